The standard InChI is InChI=1S/C16H14N4/c1-11-12-6-2-5-9-15(12)20(19-11)10-16-17-13-7-3-4-8-14(13)18-16/h2-9H,10H2,1H3,(H,17,18). The monoisotopic (exact) mass is 262 g/mol. The molecule has 0 spiro atoms. The molecule has 2 heterocycles. The van der Waals surface area contributed by atoms with Gasteiger partial charge in [0.25, 0.3) is 0 Å². The molecule has 0 bridgehead atoms. The molecule has 4 heteroatoms. The lowest BCUT2D eigenvalue weighted by atomic mass is 10.2. The summed E-state index contributed by atoms with van der Waals surface area (Å²) in [5, 5.41) is 5.81. The quantitative estimate of drug-likeness (QED) is 0.602. The Bertz CT molecular complexity index is 868. The maximum absolute atomic E-state index is 4.61. The van der Waals surface area contributed by atoms with Crippen LogP contribution in [-0.2, 0) is 6.54 Å². The second-order valence-electron chi connectivity index (χ2n) is 4.96. The highest BCUT2D eigenvalue weighted by atomic mass is 15.3. The summed E-state index contributed by atoms with van der Waals surface area (Å²) in [4.78, 5) is 7.95. The van der Waals surface area contributed by atoms with Crippen molar-refractivity contribution in [2.45, 2.75) is 13.5 Å². The van der Waals surface area contributed by atoms with Gasteiger partial charge in [-0.2, -0.15) is 5.10 Å². The van der Waals surface area contributed by atoms with Gasteiger partial charge in [0.15, 0.2) is 0 Å². The minimum absolute atomic E-state index is 0.656. The third-order valence-corrected chi connectivity index (χ3v) is 3.58. The minimum atomic E-state index is 0.656. The average molecular weight is 262 g/mol. The Morgan fingerprint density at radius 2 is 1.85 bits per heavy atom. The van der Waals surface area contributed by atoms with Crippen LogP contribution >= 0.6 is 0 Å². The second kappa shape index (κ2) is 4.20. The van der Waals surface area contributed by atoms with Crippen LogP contribution in [0.25, 0.3) is 21.9 Å². The van der Waals surface area contributed by atoms with Crippen LogP contribution in [0.5, 0.6) is 0 Å². The van der Waals surface area contributed by atoms with Crippen LogP contribution in [0.4, 0.5) is 0 Å². The zero-order valence-electron chi connectivity index (χ0n) is 11.2. The normalized spacial score (nSPS) is 11.4. The van der Waals surface area contributed by atoms with Crippen molar-refractivity contribution in [3.8, 4) is 0 Å². The second-order valence-corrected chi connectivity index (χ2v) is 4.96. The number of aromatic nitrogens is 4. The van der Waals surface area contributed by atoms with Gasteiger partial charge in [0, 0.05) is 5.39 Å². The maximum atomic E-state index is 4.61. The molecule has 0 amide bonds. The van der Waals surface area contributed by atoms with E-state index in [1.54, 1.807) is 0 Å². The number of imidazole rings is 1. The van der Waals surface area contributed by atoms with Crippen molar-refractivity contribution < 1.29 is 0 Å². The van der Waals surface area contributed by atoms with Crippen molar-refractivity contribution in [3.05, 3.63) is 60.0 Å². The lowest BCUT2D eigenvalue weighted by Gasteiger charge is -2.00. The molecule has 0 aliphatic heterocycles. The average Bonchev–Trinajstić information content (AvgIpc) is 3.01. The summed E-state index contributed by atoms with van der Waals surface area (Å²) < 4.78 is 2.00. The fourth-order valence-electron chi connectivity index (χ4n) is 2.64. The molecule has 0 radical (unpaired) electrons. The Balaban J connectivity index is 1.80. The molecule has 98 valence electrons. The molecule has 1 N–H and O–H groups in total. The molecule has 0 fully saturated rings. The smallest absolute Gasteiger partial charge is 0.129 e. The number of rotatable bonds is 2. The van der Waals surface area contributed by atoms with Crippen LogP contribution in [0.2, 0.25) is 0 Å². The number of aryl methyl sites for hydroxylation is 1. The van der Waals surface area contributed by atoms with E-state index >= 15 is 0 Å². The van der Waals surface area contributed by atoms with Gasteiger partial charge in [0.2, 0.25) is 0 Å². The molecule has 0 unspecified atom stereocenters. The van der Waals surface area contributed by atoms with E-state index in [2.05, 4.69) is 27.2 Å². The van der Waals surface area contributed by atoms with Gasteiger partial charge < -0.3 is 4.98 Å². The first kappa shape index (κ1) is 11.2. The highest BCUT2D eigenvalue weighted by molar-refractivity contribution is 5.81. The van der Waals surface area contributed by atoms with Crippen LogP contribution in [0, 0.1) is 6.92 Å². The van der Waals surface area contributed by atoms with E-state index in [0.29, 0.717) is 6.54 Å². The summed E-state index contributed by atoms with van der Waals surface area (Å²) in [6, 6.07) is 16.4. The molecule has 4 nitrogen and oxygen atoms in total. The summed E-state index contributed by atoms with van der Waals surface area (Å²) in [5.41, 5.74) is 4.26. The van der Waals surface area contributed by atoms with Crippen LogP contribution in [0.3, 0.4) is 0 Å². The Kier molecular flexibility index (Phi) is 2.36. The minimum Gasteiger partial charge on any atom is -0.340 e. The van der Waals surface area contributed by atoms with E-state index in [9.17, 15) is 0 Å². The summed E-state index contributed by atoms with van der Waals surface area (Å²) in [5.74, 6) is 0.930. The SMILES string of the molecule is Cc1nn(Cc2nc3ccccc3[nH]2)c2ccccc12. The van der Waals surface area contributed by atoms with Crippen LogP contribution < -0.4 is 0 Å². The van der Waals surface area contributed by atoms with Gasteiger partial charge >= 0.3 is 0 Å². The summed E-state index contributed by atoms with van der Waals surface area (Å²) in [6.07, 6.45) is 0. The molecule has 20 heavy (non-hydrogen) atoms. The first-order valence-electron chi connectivity index (χ1n) is 6.67. The van der Waals surface area contributed by atoms with Crippen molar-refractivity contribution in [2.24, 2.45) is 0 Å². The van der Waals surface area contributed by atoms with E-state index in [1.807, 2.05) is 48.0 Å². The number of nitrogens with zero attached hydrogens (tertiary/aromatic N) is 3. The summed E-state index contributed by atoms with van der Waals surface area (Å²) in [6.45, 7) is 2.69. The van der Waals surface area contributed by atoms with E-state index in [-0.39, 0.29) is 0 Å². The zero-order valence-corrected chi connectivity index (χ0v) is 11.2. The van der Waals surface area contributed by atoms with Gasteiger partial charge in [0.05, 0.1) is 28.8 Å². The Hall–Kier alpha value is -2.62. The largest absolute Gasteiger partial charge is 0.340 e. The number of aromatic amines is 1. The molecule has 4 aromatic rings. The molecule has 0 saturated heterocycles. The third kappa shape index (κ3) is 1.69. The number of para-hydroxylation sites is 3. The van der Waals surface area contributed by atoms with Gasteiger partial charge in [-0.25, -0.2) is 4.98 Å². The first-order chi connectivity index (χ1) is 9.81. The molecule has 4 rings (SSSR count). The number of nitrogens with one attached hydrogen (secondary N) is 1. The third-order valence-electron chi connectivity index (χ3n) is 3.58. The van der Waals surface area contributed by atoms with Crippen molar-refractivity contribution in [1.82, 2.24) is 19.7 Å². The fraction of sp³-hybridized carbons (Fsp3) is 0.125. The van der Waals surface area contributed by atoms with Gasteiger partial charge in [-0.15, -0.1) is 0 Å². The topological polar surface area (TPSA) is 46.5 Å². The van der Waals surface area contributed by atoms with E-state index in [0.717, 1.165) is 28.1 Å². The van der Waals surface area contributed by atoms with E-state index in [4.69, 9.17) is 0 Å². The molecule has 0 atom stereocenters. The molecular weight excluding hydrogens is 248 g/mol. The molecule has 0 aliphatic carbocycles. The molecule has 2 aromatic carbocycles. The Morgan fingerprint density at radius 3 is 2.75 bits per heavy atom. The molecular formula is C16H14N4. The number of hydrogen-bond acceptors (Lipinski definition) is 2. The van der Waals surface area contributed by atoms with Gasteiger partial charge in [0.1, 0.15) is 5.82 Å². The predicted octanol–water partition coefficient (Wildman–Crippen LogP) is 3.27. The number of H-pyrrole nitrogens is 1. The summed E-state index contributed by atoms with van der Waals surface area (Å²) >= 11 is 0. The Morgan fingerprint density at radius 1 is 1.05 bits per heavy atom. The lowest BCUT2D eigenvalue weighted by Crippen LogP contribution is -2.03. The molecule has 0 saturated carbocycles. The highest BCUT2D eigenvalue weighted by Gasteiger charge is 2.09. The van der Waals surface area contributed by atoms with Crippen molar-refractivity contribution >= 4 is 21.9 Å². The fourth-order valence-corrected chi connectivity index (χ4v) is 2.64. The number of benzene rings is 2. The predicted molar refractivity (Wildman–Crippen MR) is 79.7 cm³/mol. The maximum Gasteiger partial charge on any atom is 0.129 e. The van der Waals surface area contributed by atoms with Crippen LogP contribution in [0.1, 0.15) is 11.5 Å². The van der Waals surface area contributed by atoms with E-state index < -0.39 is 0 Å². The van der Waals surface area contributed by atoms with Gasteiger partial charge in [-0.1, -0.05) is 30.3 Å². The van der Waals surface area contributed by atoms with E-state index in [1.165, 1.54) is 5.39 Å². The van der Waals surface area contributed by atoms with Crippen molar-refractivity contribution in [1.29, 1.82) is 0 Å². The Labute approximate surface area is 116 Å². The zero-order chi connectivity index (χ0) is 13.5. The highest BCUT2D eigenvalue weighted by Crippen LogP contribution is 2.19. The van der Waals surface area contributed by atoms with Crippen LogP contribution in [0.15, 0.2) is 48.5 Å². The number of hydrogen-bond donors (Lipinski definition) is 1. The summed E-state index contributed by atoms with van der Waals surface area (Å²) in [7, 11) is 0. The van der Waals surface area contributed by atoms with Crippen molar-refractivity contribution in [2.75, 3.05) is 0 Å². The molecule has 0 aliphatic rings. The first-order valence-corrected chi connectivity index (χ1v) is 6.67. The van der Waals surface area contributed by atoms with Gasteiger partial charge in [-0.05, 0) is 25.1 Å². The van der Waals surface area contributed by atoms with Crippen LogP contribution in [-0.4, -0.2) is 19.7 Å². The molecule has 2 aromatic heterocycles. The van der Waals surface area contributed by atoms with Gasteiger partial charge in [-0.3, -0.25) is 4.68 Å². The lowest BCUT2D eigenvalue weighted by molar-refractivity contribution is 0.679. The number of fused-ring (bicyclic) bond motifs is 2. The van der Waals surface area contributed by atoms with Crippen molar-refractivity contribution in [3.63, 3.8) is 0 Å².